The third-order valence-electron chi connectivity index (χ3n) is 3.70. The molecule has 1 amide bonds. The molecule has 0 unspecified atom stereocenters. The van der Waals surface area contributed by atoms with Gasteiger partial charge in [-0.15, -0.1) is 11.3 Å². The van der Waals surface area contributed by atoms with E-state index in [4.69, 9.17) is 32.7 Å². The molecule has 4 nitrogen and oxygen atoms in total. The van der Waals surface area contributed by atoms with Gasteiger partial charge >= 0.3 is 0 Å². The molecule has 1 aliphatic heterocycles. The number of hydrogen-bond acceptors (Lipinski definition) is 4. The van der Waals surface area contributed by atoms with Crippen molar-refractivity contribution >= 4 is 50.5 Å². The Bertz CT molecular complexity index is 954. The first kappa shape index (κ1) is 15.6. The van der Waals surface area contributed by atoms with E-state index in [1.165, 1.54) is 11.3 Å². The first-order chi connectivity index (χ1) is 11.6. The van der Waals surface area contributed by atoms with E-state index in [0.29, 0.717) is 33.0 Å². The van der Waals surface area contributed by atoms with E-state index >= 15 is 0 Å². The van der Waals surface area contributed by atoms with Crippen molar-refractivity contribution in [1.82, 2.24) is 5.32 Å². The van der Waals surface area contributed by atoms with Crippen LogP contribution in [0.5, 0.6) is 11.5 Å². The van der Waals surface area contributed by atoms with Gasteiger partial charge in [0.1, 0.15) is 4.88 Å². The number of carbonyl (C=O) groups is 1. The first-order valence-corrected chi connectivity index (χ1v) is 8.74. The summed E-state index contributed by atoms with van der Waals surface area (Å²) in [5.41, 5.74) is 0.919. The number of ether oxygens (including phenoxy) is 2. The van der Waals surface area contributed by atoms with Gasteiger partial charge in [-0.3, -0.25) is 4.79 Å². The normalized spacial score (nSPS) is 12.6. The summed E-state index contributed by atoms with van der Waals surface area (Å²) in [6.07, 6.45) is 0. The minimum absolute atomic E-state index is 0.225. The second-order valence-corrected chi connectivity index (χ2v) is 7.07. The van der Waals surface area contributed by atoms with Crippen molar-refractivity contribution < 1.29 is 14.3 Å². The van der Waals surface area contributed by atoms with Crippen molar-refractivity contribution in [2.75, 3.05) is 6.79 Å². The lowest BCUT2D eigenvalue weighted by atomic mass is 10.2. The Morgan fingerprint density at radius 2 is 2.00 bits per heavy atom. The molecule has 0 bridgehead atoms. The molecule has 7 heteroatoms. The second kappa shape index (κ2) is 6.16. The molecule has 0 saturated carbocycles. The number of carbonyl (C=O) groups excluding carboxylic acids is 1. The zero-order valence-corrected chi connectivity index (χ0v) is 14.6. The van der Waals surface area contributed by atoms with Crippen LogP contribution in [0.4, 0.5) is 0 Å². The highest BCUT2D eigenvalue weighted by Crippen LogP contribution is 2.39. The fourth-order valence-corrected chi connectivity index (χ4v) is 4.40. The van der Waals surface area contributed by atoms with Crippen molar-refractivity contribution in [3.8, 4) is 11.5 Å². The summed E-state index contributed by atoms with van der Waals surface area (Å²) >= 11 is 13.8. The number of rotatable bonds is 3. The van der Waals surface area contributed by atoms with Crippen LogP contribution in [0.3, 0.4) is 0 Å². The molecule has 0 fully saturated rings. The lowest BCUT2D eigenvalue weighted by molar-refractivity contribution is 0.0955. The van der Waals surface area contributed by atoms with Gasteiger partial charge in [-0.05, 0) is 29.8 Å². The SMILES string of the molecule is O=C(NCc1ccc2c(c1)OCO2)c1sc2cccc(Cl)c2c1Cl. The molecule has 0 atom stereocenters. The molecule has 0 saturated heterocycles. The quantitative estimate of drug-likeness (QED) is 0.706. The lowest BCUT2D eigenvalue weighted by Crippen LogP contribution is -2.22. The van der Waals surface area contributed by atoms with Gasteiger partial charge in [0.25, 0.3) is 5.91 Å². The summed E-state index contributed by atoms with van der Waals surface area (Å²) in [5, 5.41) is 4.53. The first-order valence-electron chi connectivity index (χ1n) is 7.17. The van der Waals surface area contributed by atoms with Crippen LogP contribution < -0.4 is 14.8 Å². The zero-order chi connectivity index (χ0) is 16.7. The number of fused-ring (bicyclic) bond motifs is 2. The van der Waals surface area contributed by atoms with Crippen LogP contribution in [0.2, 0.25) is 10.0 Å². The molecule has 2 aromatic carbocycles. The van der Waals surface area contributed by atoms with E-state index in [-0.39, 0.29) is 12.7 Å². The summed E-state index contributed by atoms with van der Waals surface area (Å²) < 4.78 is 11.5. The van der Waals surface area contributed by atoms with Crippen molar-refractivity contribution in [3.05, 3.63) is 56.9 Å². The topological polar surface area (TPSA) is 47.6 Å². The number of benzene rings is 2. The van der Waals surface area contributed by atoms with Gasteiger partial charge in [0.15, 0.2) is 11.5 Å². The minimum Gasteiger partial charge on any atom is -0.454 e. The van der Waals surface area contributed by atoms with Crippen LogP contribution in [-0.2, 0) is 6.54 Å². The maximum Gasteiger partial charge on any atom is 0.263 e. The monoisotopic (exact) mass is 379 g/mol. The van der Waals surface area contributed by atoms with E-state index < -0.39 is 0 Å². The number of halogens is 2. The van der Waals surface area contributed by atoms with Crippen molar-refractivity contribution in [3.63, 3.8) is 0 Å². The number of hydrogen-bond donors (Lipinski definition) is 1. The van der Waals surface area contributed by atoms with Crippen molar-refractivity contribution in [2.24, 2.45) is 0 Å². The summed E-state index contributed by atoms with van der Waals surface area (Å²) in [6.45, 7) is 0.594. The highest BCUT2D eigenvalue weighted by Gasteiger charge is 2.19. The second-order valence-electron chi connectivity index (χ2n) is 5.23. The van der Waals surface area contributed by atoms with Crippen LogP contribution in [0.25, 0.3) is 10.1 Å². The summed E-state index contributed by atoms with van der Waals surface area (Å²) in [4.78, 5) is 12.9. The van der Waals surface area contributed by atoms with E-state index in [1.54, 1.807) is 6.07 Å². The predicted molar refractivity (Wildman–Crippen MR) is 95.6 cm³/mol. The molecule has 0 aliphatic carbocycles. The van der Waals surface area contributed by atoms with Gasteiger partial charge in [-0.25, -0.2) is 0 Å². The third-order valence-corrected chi connectivity index (χ3v) is 5.66. The van der Waals surface area contributed by atoms with Crippen LogP contribution in [-0.4, -0.2) is 12.7 Å². The van der Waals surface area contributed by atoms with Crippen molar-refractivity contribution in [1.29, 1.82) is 0 Å². The van der Waals surface area contributed by atoms with Crippen LogP contribution in [0.15, 0.2) is 36.4 Å². The average Bonchev–Trinajstić information content (AvgIpc) is 3.17. The Hall–Kier alpha value is -1.95. The maximum atomic E-state index is 12.5. The Balaban J connectivity index is 1.54. The molecule has 122 valence electrons. The Kier molecular flexibility index (Phi) is 4.00. The van der Waals surface area contributed by atoms with Gasteiger partial charge in [-0.1, -0.05) is 35.3 Å². The molecule has 0 radical (unpaired) electrons. The average molecular weight is 380 g/mol. The highest BCUT2D eigenvalue weighted by atomic mass is 35.5. The van der Waals surface area contributed by atoms with E-state index in [9.17, 15) is 4.79 Å². The third kappa shape index (κ3) is 2.69. The van der Waals surface area contributed by atoms with Crippen LogP contribution >= 0.6 is 34.5 Å². The van der Waals surface area contributed by atoms with Crippen LogP contribution in [0.1, 0.15) is 15.2 Å². The smallest absolute Gasteiger partial charge is 0.263 e. The predicted octanol–water partition coefficient (Wildman–Crippen LogP) is 4.87. The molecule has 4 rings (SSSR count). The molecular formula is C17H11Cl2NO3S. The maximum absolute atomic E-state index is 12.5. The highest BCUT2D eigenvalue weighted by molar-refractivity contribution is 7.21. The fraction of sp³-hybridized carbons (Fsp3) is 0.118. The summed E-state index contributed by atoms with van der Waals surface area (Å²) in [5.74, 6) is 1.18. The summed E-state index contributed by atoms with van der Waals surface area (Å²) in [6, 6.07) is 11.1. The van der Waals surface area contributed by atoms with Gasteiger partial charge in [0, 0.05) is 16.6 Å². The standard InChI is InChI=1S/C17H11Cl2NO3S/c18-10-2-1-3-13-14(10)15(19)16(24-13)17(21)20-7-9-4-5-11-12(6-9)23-8-22-11/h1-6H,7-8H2,(H,20,21). The van der Waals surface area contributed by atoms with E-state index in [2.05, 4.69) is 5.32 Å². The lowest BCUT2D eigenvalue weighted by Gasteiger charge is -2.05. The molecule has 1 aromatic heterocycles. The Morgan fingerprint density at radius 3 is 2.83 bits per heavy atom. The molecule has 1 N–H and O–H groups in total. The Labute approximate surface area is 151 Å². The van der Waals surface area contributed by atoms with E-state index in [0.717, 1.165) is 15.6 Å². The molecule has 3 aromatic rings. The van der Waals surface area contributed by atoms with Gasteiger partial charge in [0.05, 0.1) is 10.0 Å². The Morgan fingerprint density at radius 1 is 1.17 bits per heavy atom. The van der Waals surface area contributed by atoms with Gasteiger partial charge < -0.3 is 14.8 Å². The van der Waals surface area contributed by atoms with Gasteiger partial charge in [-0.2, -0.15) is 0 Å². The number of nitrogens with one attached hydrogen (secondary N) is 1. The van der Waals surface area contributed by atoms with Crippen molar-refractivity contribution in [2.45, 2.75) is 6.54 Å². The number of thiophene rings is 1. The van der Waals surface area contributed by atoms with Gasteiger partial charge in [0.2, 0.25) is 6.79 Å². The minimum atomic E-state index is -0.227. The molecule has 2 heterocycles. The molecule has 24 heavy (non-hydrogen) atoms. The van der Waals surface area contributed by atoms with Crippen LogP contribution in [0, 0.1) is 0 Å². The fourth-order valence-electron chi connectivity index (χ4n) is 2.53. The van der Waals surface area contributed by atoms with E-state index in [1.807, 2.05) is 30.3 Å². The summed E-state index contributed by atoms with van der Waals surface area (Å²) in [7, 11) is 0. The molecule has 0 spiro atoms. The molecule has 1 aliphatic rings. The largest absolute Gasteiger partial charge is 0.454 e. The molecular weight excluding hydrogens is 369 g/mol. The zero-order valence-electron chi connectivity index (χ0n) is 12.3. The number of amides is 1.